The van der Waals surface area contributed by atoms with Crippen LogP contribution in [0, 0.1) is 0 Å². The molecule has 1 unspecified atom stereocenters. The van der Waals surface area contributed by atoms with Gasteiger partial charge in [-0.3, -0.25) is 4.79 Å². The number of nitrogens with one attached hydrogen (secondary N) is 3. The predicted octanol–water partition coefficient (Wildman–Crippen LogP) is 2.85. The summed E-state index contributed by atoms with van der Waals surface area (Å²) in [4.78, 5) is 26.7. The number of hydrogen-bond donors (Lipinski definition) is 3. The SMILES string of the molecule is CCCN(C(=O)c1cccc(NC(=O)NC(C)C)c1)C1CCNC1.Cl. The van der Waals surface area contributed by atoms with Crippen molar-refractivity contribution in [2.45, 2.75) is 45.7 Å². The Morgan fingerprint density at radius 1 is 1.36 bits per heavy atom. The summed E-state index contributed by atoms with van der Waals surface area (Å²) in [5, 5.41) is 8.86. The summed E-state index contributed by atoms with van der Waals surface area (Å²) in [5.41, 5.74) is 1.23. The molecule has 6 nitrogen and oxygen atoms in total. The largest absolute Gasteiger partial charge is 0.336 e. The van der Waals surface area contributed by atoms with Gasteiger partial charge in [0.2, 0.25) is 0 Å². The van der Waals surface area contributed by atoms with Crippen molar-refractivity contribution in [1.29, 1.82) is 0 Å². The summed E-state index contributed by atoms with van der Waals surface area (Å²) in [6.07, 6.45) is 1.91. The van der Waals surface area contributed by atoms with Gasteiger partial charge in [0, 0.05) is 36.4 Å². The van der Waals surface area contributed by atoms with Crippen molar-refractivity contribution in [3.05, 3.63) is 29.8 Å². The van der Waals surface area contributed by atoms with Crippen molar-refractivity contribution in [2.24, 2.45) is 0 Å². The number of anilines is 1. The highest BCUT2D eigenvalue weighted by molar-refractivity contribution is 5.97. The van der Waals surface area contributed by atoms with E-state index in [1.807, 2.05) is 18.7 Å². The molecule has 25 heavy (non-hydrogen) atoms. The number of carbonyl (C=O) groups is 2. The molecule has 0 aliphatic carbocycles. The predicted molar refractivity (Wildman–Crippen MR) is 104 cm³/mol. The average Bonchev–Trinajstić information content (AvgIpc) is 3.05. The van der Waals surface area contributed by atoms with Gasteiger partial charge in [-0.05, 0) is 51.4 Å². The Morgan fingerprint density at radius 2 is 2.12 bits per heavy atom. The lowest BCUT2D eigenvalue weighted by molar-refractivity contribution is 0.0692. The second kappa shape index (κ2) is 10.3. The number of hydrogen-bond acceptors (Lipinski definition) is 3. The van der Waals surface area contributed by atoms with Gasteiger partial charge in [0.1, 0.15) is 0 Å². The number of halogens is 1. The minimum Gasteiger partial charge on any atom is -0.336 e. The Hall–Kier alpha value is -1.79. The lowest BCUT2D eigenvalue weighted by atomic mass is 10.1. The summed E-state index contributed by atoms with van der Waals surface area (Å²) in [6.45, 7) is 8.43. The van der Waals surface area contributed by atoms with E-state index in [9.17, 15) is 9.59 Å². The summed E-state index contributed by atoms with van der Waals surface area (Å²) in [6, 6.07) is 7.18. The van der Waals surface area contributed by atoms with E-state index in [0.29, 0.717) is 11.3 Å². The fourth-order valence-electron chi connectivity index (χ4n) is 2.92. The molecule has 1 saturated heterocycles. The van der Waals surface area contributed by atoms with Crippen LogP contribution in [0.5, 0.6) is 0 Å². The lowest BCUT2D eigenvalue weighted by Gasteiger charge is -2.28. The molecule has 0 bridgehead atoms. The molecule has 0 spiro atoms. The third-order valence-electron chi connectivity index (χ3n) is 3.99. The van der Waals surface area contributed by atoms with E-state index in [-0.39, 0.29) is 36.4 Å². The third-order valence-corrected chi connectivity index (χ3v) is 3.99. The van der Waals surface area contributed by atoms with E-state index in [1.54, 1.807) is 24.3 Å². The Bertz CT molecular complexity index is 574. The van der Waals surface area contributed by atoms with Crippen LogP contribution < -0.4 is 16.0 Å². The maximum atomic E-state index is 12.9. The van der Waals surface area contributed by atoms with Gasteiger partial charge in [-0.1, -0.05) is 13.0 Å². The molecule has 0 aromatic heterocycles. The molecule has 3 N–H and O–H groups in total. The zero-order chi connectivity index (χ0) is 17.5. The van der Waals surface area contributed by atoms with Crippen molar-refractivity contribution >= 4 is 30.0 Å². The summed E-state index contributed by atoms with van der Waals surface area (Å²) in [7, 11) is 0. The van der Waals surface area contributed by atoms with Crippen LogP contribution in [0.25, 0.3) is 0 Å². The van der Waals surface area contributed by atoms with E-state index in [0.717, 1.165) is 32.5 Å². The van der Waals surface area contributed by atoms with Crippen LogP contribution in [0.4, 0.5) is 10.5 Å². The van der Waals surface area contributed by atoms with Gasteiger partial charge in [-0.15, -0.1) is 12.4 Å². The quantitative estimate of drug-likeness (QED) is 0.722. The zero-order valence-corrected chi connectivity index (χ0v) is 16.0. The number of benzene rings is 1. The van der Waals surface area contributed by atoms with Crippen LogP contribution in [0.15, 0.2) is 24.3 Å². The summed E-state index contributed by atoms with van der Waals surface area (Å²) in [5.74, 6) is 0.0264. The molecule has 0 radical (unpaired) electrons. The van der Waals surface area contributed by atoms with Gasteiger partial charge in [0.25, 0.3) is 5.91 Å². The highest BCUT2D eigenvalue weighted by Crippen LogP contribution is 2.17. The first-order chi connectivity index (χ1) is 11.5. The highest BCUT2D eigenvalue weighted by atomic mass is 35.5. The molecular formula is C18H29ClN4O2. The molecule has 1 aliphatic heterocycles. The minimum absolute atomic E-state index is 0. The van der Waals surface area contributed by atoms with Crippen molar-refractivity contribution in [1.82, 2.24) is 15.5 Å². The van der Waals surface area contributed by atoms with Crippen molar-refractivity contribution in [3.8, 4) is 0 Å². The molecule has 2 rings (SSSR count). The Balaban J connectivity index is 0.00000312. The second-order valence-corrected chi connectivity index (χ2v) is 6.48. The van der Waals surface area contributed by atoms with Gasteiger partial charge in [-0.25, -0.2) is 4.79 Å². The first kappa shape index (κ1) is 21.3. The molecule has 1 aromatic carbocycles. The normalized spacial score (nSPS) is 16.2. The van der Waals surface area contributed by atoms with Crippen LogP contribution in [-0.2, 0) is 0 Å². The molecular weight excluding hydrogens is 340 g/mol. The van der Waals surface area contributed by atoms with Crippen LogP contribution in [0.2, 0.25) is 0 Å². The average molecular weight is 369 g/mol. The maximum absolute atomic E-state index is 12.9. The second-order valence-electron chi connectivity index (χ2n) is 6.48. The van der Waals surface area contributed by atoms with Crippen LogP contribution in [-0.4, -0.2) is 48.6 Å². The maximum Gasteiger partial charge on any atom is 0.319 e. The number of urea groups is 1. The molecule has 0 saturated carbocycles. The molecule has 1 aliphatic rings. The zero-order valence-electron chi connectivity index (χ0n) is 15.2. The topological polar surface area (TPSA) is 73.5 Å². The van der Waals surface area contributed by atoms with Crippen LogP contribution >= 0.6 is 12.4 Å². The van der Waals surface area contributed by atoms with Crippen molar-refractivity contribution < 1.29 is 9.59 Å². The van der Waals surface area contributed by atoms with E-state index in [1.165, 1.54) is 0 Å². The fraction of sp³-hybridized carbons (Fsp3) is 0.556. The Kier molecular flexibility index (Phi) is 8.72. The van der Waals surface area contributed by atoms with E-state index in [2.05, 4.69) is 22.9 Å². The Morgan fingerprint density at radius 3 is 2.72 bits per heavy atom. The first-order valence-corrected chi connectivity index (χ1v) is 8.70. The van der Waals surface area contributed by atoms with Crippen molar-refractivity contribution in [3.63, 3.8) is 0 Å². The smallest absolute Gasteiger partial charge is 0.319 e. The standard InChI is InChI=1S/C18H28N4O2.ClH/c1-4-10-22(16-8-9-19-12-16)17(23)14-6-5-7-15(11-14)21-18(24)20-13(2)3;/h5-7,11,13,16,19H,4,8-10,12H2,1-3H3,(H2,20,21,24);1H. The first-order valence-electron chi connectivity index (χ1n) is 8.70. The van der Waals surface area contributed by atoms with Gasteiger partial charge in [0.15, 0.2) is 0 Å². The monoisotopic (exact) mass is 368 g/mol. The molecule has 1 atom stereocenters. The summed E-state index contributed by atoms with van der Waals surface area (Å²) < 4.78 is 0. The molecule has 1 fully saturated rings. The number of amides is 3. The number of rotatable bonds is 6. The lowest BCUT2D eigenvalue weighted by Crippen LogP contribution is -2.42. The highest BCUT2D eigenvalue weighted by Gasteiger charge is 2.26. The minimum atomic E-state index is -0.264. The van der Waals surface area contributed by atoms with Gasteiger partial charge in [0.05, 0.1) is 0 Å². The molecule has 140 valence electrons. The van der Waals surface area contributed by atoms with E-state index < -0.39 is 0 Å². The van der Waals surface area contributed by atoms with Gasteiger partial charge < -0.3 is 20.9 Å². The van der Waals surface area contributed by atoms with E-state index in [4.69, 9.17) is 0 Å². The molecule has 1 heterocycles. The van der Waals surface area contributed by atoms with Crippen LogP contribution in [0.1, 0.15) is 44.0 Å². The number of nitrogens with zero attached hydrogens (tertiary/aromatic N) is 1. The van der Waals surface area contributed by atoms with Gasteiger partial charge in [-0.2, -0.15) is 0 Å². The molecule has 1 aromatic rings. The van der Waals surface area contributed by atoms with Crippen LogP contribution in [0.3, 0.4) is 0 Å². The van der Waals surface area contributed by atoms with E-state index >= 15 is 0 Å². The fourth-order valence-corrected chi connectivity index (χ4v) is 2.92. The molecule has 7 heteroatoms. The third kappa shape index (κ3) is 6.21. The Labute approximate surface area is 156 Å². The van der Waals surface area contributed by atoms with Crippen molar-refractivity contribution in [2.75, 3.05) is 25.0 Å². The molecule has 3 amide bonds. The van der Waals surface area contributed by atoms with Gasteiger partial charge >= 0.3 is 6.03 Å². The summed E-state index contributed by atoms with van der Waals surface area (Å²) >= 11 is 0. The number of carbonyl (C=O) groups excluding carboxylic acids is 2.